The van der Waals surface area contributed by atoms with Crippen LogP contribution >= 0.6 is 11.3 Å². The van der Waals surface area contributed by atoms with E-state index in [1.807, 2.05) is 35.6 Å². The zero-order valence-electron chi connectivity index (χ0n) is 6.87. The van der Waals surface area contributed by atoms with E-state index in [2.05, 4.69) is 24.3 Å². The van der Waals surface area contributed by atoms with E-state index in [1.165, 1.54) is 20.2 Å². The molecule has 2 radical (unpaired) electrons. The van der Waals surface area contributed by atoms with Gasteiger partial charge in [0, 0.05) is 20.2 Å². The van der Waals surface area contributed by atoms with Crippen LogP contribution in [0.2, 0.25) is 0 Å². The second-order valence-electron chi connectivity index (χ2n) is 2.95. The second-order valence-corrected chi connectivity index (χ2v) is 4.03. The van der Waals surface area contributed by atoms with Crippen LogP contribution in [-0.2, 0) is 0 Å². The molecule has 0 saturated heterocycles. The third-order valence-corrected chi connectivity index (χ3v) is 3.31. The third kappa shape index (κ3) is 0.973. The Hall–Kier alpha value is -1.34. The summed E-state index contributed by atoms with van der Waals surface area (Å²) in [5, 5.41) is 2.58. The monoisotopic (exact) mass is 182 g/mol. The van der Waals surface area contributed by atoms with E-state index in [4.69, 9.17) is 0 Å². The largest absolute Gasteiger partial charge is 0.135 e. The summed E-state index contributed by atoms with van der Waals surface area (Å²) in [6.07, 6.45) is 0. The van der Waals surface area contributed by atoms with E-state index in [-0.39, 0.29) is 0 Å². The molecule has 1 heterocycles. The number of thiophene rings is 1. The Morgan fingerprint density at radius 3 is 1.92 bits per heavy atom. The van der Waals surface area contributed by atoms with Gasteiger partial charge in [-0.05, 0) is 36.4 Å². The van der Waals surface area contributed by atoms with Crippen LogP contribution in [0, 0.1) is 12.1 Å². The highest BCUT2D eigenvalue weighted by molar-refractivity contribution is 7.25. The van der Waals surface area contributed by atoms with E-state index in [1.54, 1.807) is 0 Å². The summed E-state index contributed by atoms with van der Waals surface area (Å²) in [6.45, 7) is 0. The first-order valence-corrected chi connectivity index (χ1v) is 4.95. The molecular weight excluding hydrogens is 176 g/mol. The molecule has 0 saturated carbocycles. The summed E-state index contributed by atoms with van der Waals surface area (Å²) in [6, 6.07) is 18.4. The molecule has 0 spiro atoms. The second kappa shape index (κ2) is 2.57. The first-order valence-electron chi connectivity index (χ1n) is 4.13. The van der Waals surface area contributed by atoms with Gasteiger partial charge < -0.3 is 0 Å². The summed E-state index contributed by atoms with van der Waals surface area (Å²) >= 11 is 1.82. The van der Waals surface area contributed by atoms with Crippen molar-refractivity contribution in [3.63, 3.8) is 0 Å². The molecule has 1 aromatic heterocycles. The molecular formula is C12H6S. The van der Waals surface area contributed by atoms with Crippen molar-refractivity contribution >= 4 is 31.5 Å². The summed E-state index contributed by atoms with van der Waals surface area (Å²) in [4.78, 5) is 0. The molecule has 2 aromatic carbocycles. The fraction of sp³-hybridized carbons (Fsp3) is 0. The van der Waals surface area contributed by atoms with Gasteiger partial charge >= 0.3 is 0 Å². The summed E-state index contributed by atoms with van der Waals surface area (Å²) in [5.74, 6) is 0. The maximum absolute atomic E-state index is 3.11. The van der Waals surface area contributed by atoms with Crippen LogP contribution < -0.4 is 0 Å². The number of fused-ring (bicyclic) bond motifs is 3. The maximum Gasteiger partial charge on any atom is 0.0355 e. The van der Waals surface area contributed by atoms with Gasteiger partial charge in [-0.1, -0.05) is 12.1 Å². The van der Waals surface area contributed by atoms with Crippen LogP contribution in [0.3, 0.4) is 0 Å². The van der Waals surface area contributed by atoms with E-state index < -0.39 is 0 Å². The first-order chi connectivity index (χ1) is 6.45. The van der Waals surface area contributed by atoms with Gasteiger partial charge in [0.1, 0.15) is 0 Å². The lowest BCUT2D eigenvalue weighted by molar-refractivity contribution is 1.81. The normalized spacial score (nSPS) is 11.1. The van der Waals surface area contributed by atoms with Gasteiger partial charge in [-0.25, -0.2) is 0 Å². The highest BCUT2D eigenvalue weighted by Crippen LogP contribution is 2.32. The van der Waals surface area contributed by atoms with Crippen molar-refractivity contribution < 1.29 is 0 Å². The van der Waals surface area contributed by atoms with Crippen LogP contribution in [0.25, 0.3) is 20.2 Å². The molecule has 0 aliphatic carbocycles. The molecule has 0 unspecified atom stereocenters. The molecule has 1 heteroatoms. The van der Waals surface area contributed by atoms with Gasteiger partial charge in [-0.3, -0.25) is 0 Å². The smallest absolute Gasteiger partial charge is 0.0355 e. The van der Waals surface area contributed by atoms with Crippen molar-refractivity contribution in [2.45, 2.75) is 0 Å². The predicted molar refractivity (Wildman–Crippen MR) is 57.0 cm³/mol. The highest BCUT2D eigenvalue weighted by Gasteiger charge is 2.01. The zero-order chi connectivity index (χ0) is 8.67. The Labute approximate surface area is 80.4 Å². The Morgan fingerprint density at radius 1 is 0.846 bits per heavy atom. The SMILES string of the molecule is [c]1ccc2sc3cc[c]cc3c2c1. The molecule has 0 bridgehead atoms. The third-order valence-electron chi connectivity index (χ3n) is 2.16. The minimum absolute atomic E-state index is 1.29. The quantitative estimate of drug-likeness (QED) is 0.497. The molecule has 3 aromatic rings. The van der Waals surface area contributed by atoms with Crippen molar-refractivity contribution in [3.8, 4) is 0 Å². The first kappa shape index (κ1) is 7.10. The molecule has 0 aliphatic rings. The van der Waals surface area contributed by atoms with Crippen LogP contribution in [0.4, 0.5) is 0 Å². The molecule has 0 amide bonds. The lowest BCUT2D eigenvalue weighted by atomic mass is 10.2. The molecule has 13 heavy (non-hydrogen) atoms. The van der Waals surface area contributed by atoms with Crippen molar-refractivity contribution in [1.29, 1.82) is 0 Å². The van der Waals surface area contributed by atoms with Crippen LogP contribution in [0.1, 0.15) is 0 Å². The van der Waals surface area contributed by atoms with E-state index >= 15 is 0 Å². The van der Waals surface area contributed by atoms with E-state index in [0.717, 1.165) is 0 Å². The Bertz CT molecular complexity index is 513. The van der Waals surface area contributed by atoms with Crippen LogP contribution in [0.5, 0.6) is 0 Å². The van der Waals surface area contributed by atoms with Crippen LogP contribution in [-0.4, -0.2) is 0 Å². The van der Waals surface area contributed by atoms with Gasteiger partial charge in [0.2, 0.25) is 0 Å². The average Bonchev–Trinajstić information content (AvgIpc) is 2.56. The number of hydrogen-bond donors (Lipinski definition) is 0. The Kier molecular flexibility index (Phi) is 1.41. The zero-order valence-corrected chi connectivity index (χ0v) is 7.69. The molecule has 0 aliphatic heterocycles. The topological polar surface area (TPSA) is 0 Å². The summed E-state index contributed by atoms with van der Waals surface area (Å²) in [7, 11) is 0. The standard InChI is InChI=1S/C12H6S/c1-3-7-11-9(5-1)10-6-2-4-8-12(10)13-11/h3-8H. The van der Waals surface area contributed by atoms with Crippen molar-refractivity contribution in [2.75, 3.05) is 0 Å². The highest BCUT2D eigenvalue weighted by atomic mass is 32.1. The van der Waals surface area contributed by atoms with Gasteiger partial charge in [-0.2, -0.15) is 0 Å². The minimum Gasteiger partial charge on any atom is -0.135 e. The molecule has 3 rings (SSSR count). The molecule has 0 fully saturated rings. The van der Waals surface area contributed by atoms with Gasteiger partial charge in [0.15, 0.2) is 0 Å². The molecule has 0 atom stereocenters. The molecule has 0 N–H and O–H groups in total. The van der Waals surface area contributed by atoms with Crippen molar-refractivity contribution in [3.05, 3.63) is 48.5 Å². The minimum atomic E-state index is 1.29. The summed E-state index contributed by atoms with van der Waals surface area (Å²) in [5.41, 5.74) is 0. The van der Waals surface area contributed by atoms with Crippen LogP contribution in [0.15, 0.2) is 36.4 Å². The lowest BCUT2D eigenvalue weighted by Gasteiger charge is -1.87. The lowest BCUT2D eigenvalue weighted by Crippen LogP contribution is -1.63. The number of hydrogen-bond acceptors (Lipinski definition) is 1. The molecule has 60 valence electrons. The van der Waals surface area contributed by atoms with Gasteiger partial charge in [0.25, 0.3) is 0 Å². The fourth-order valence-corrected chi connectivity index (χ4v) is 2.62. The Balaban J connectivity index is 2.64. The van der Waals surface area contributed by atoms with Crippen molar-refractivity contribution in [2.24, 2.45) is 0 Å². The average molecular weight is 182 g/mol. The Morgan fingerprint density at radius 2 is 1.38 bits per heavy atom. The van der Waals surface area contributed by atoms with Gasteiger partial charge in [-0.15, -0.1) is 11.3 Å². The van der Waals surface area contributed by atoms with E-state index in [9.17, 15) is 0 Å². The van der Waals surface area contributed by atoms with Crippen molar-refractivity contribution in [1.82, 2.24) is 0 Å². The predicted octanol–water partition coefficient (Wildman–Crippen LogP) is 3.65. The van der Waals surface area contributed by atoms with E-state index in [0.29, 0.717) is 0 Å². The molecule has 0 nitrogen and oxygen atoms in total. The number of rotatable bonds is 0. The fourth-order valence-electron chi connectivity index (χ4n) is 1.55. The summed E-state index contributed by atoms with van der Waals surface area (Å²) < 4.78 is 2.65. The maximum atomic E-state index is 3.11. The number of benzene rings is 2. The van der Waals surface area contributed by atoms with Gasteiger partial charge in [0.05, 0.1) is 0 Å².